The summed E-state index contributed by atoms with van der Waals surface area (Å²) in [5.74, 6) is 0.289. The van der Waals surface area contributed by atoms with E-state index in [1.54, 1.807) is 0 Å². The van der Waals surface area contributed by atoms with E-state index < -0.39 is 0 Å². The smallest absolute Gasteiger partial charge is 0.122 e. The number of phenolic OH excluding ortho intramolecular Hbond substituents is 1. The number of aromatic hydroxyl groups is 1. The van der Waals surface area contributed by atoms with Gasteiger partial charge in [0, 0.05) is 2.74 Å². The van der Waals surface area contributed by atoms with Gasteiger partial charge in [-0.05, 0) is 34.4 Å². The molecule has 0 fully saturated rings. The van der Waals surface area contributed by atoms with Crippen molar-refractivity contribution in [2.75, 3.05) is 0 Å². The van der Waals surface area contributed by atoms with E-state index in [2.05, 4.69) is 0 Å². The van der Waals surface area contributed by atoms with Crippen LogP contribution in [0.15, 0.2) is 12.1 Å². The van der Waals surface area contributed by atoms with Gasteiger partial charge in [0.2, 0.25) is 0 Å². The van der Waals surface area contributed by atoms with Gasteiger partial charge in [-0.3, -0.25) is 0 Å². The minimum absolute atomic E-state index is 0.227. The fraction of sp³-hybridized carbons (Fsp3) is 0.600. The van der Waals surface area contributed by atoms with Crippen molar-refractivity contribution in [3.05, 3.63) is 28.8 Å². The number of hydrogen-bond donors (Lipinski definition) is 1. The Hall–Kier alpha value is -0.980. The monoisotopic (exact) mass is 222 g/mol. The van der Waals surface area contributed by atoms with Crippen molar-refractivity contribution >= 4 is 0 Å². The lowest BCUT2D eigenvalue weighted by Gasteiger charge is -2.26. The van der Waals surface area contributed by atoms with E-state index in [0.29, 0.717) is 6.90 Å². The first-order valence-electron chi connectivity index (χ1n) is 7.00. The predicted octanol–water partition coefficient (Wildman–Crippen LogP) is 4.30. The number of aryl methyl sites for hydroxylation is 1. The van der Waals surface area contributed by atoms with Crippen LogP contribution in [0.3, 0.4) is 0 Å². The van der Waals surface area contributed by atoms with Gasteiger partial charge in [-0.25, -0.2) is 0 Å². The second-order valence-electron chi connectivity index (χ2n) is 5.96. The Labute approximate surface area is 102 Å². The highest BCUT2D eigenvalue weighted by Crippen LogP contribution is 2.37. The third-order valence-corrected chi connectivity index (χ3v) is 2.81. The lowest BCUT2D eigenvalue weighted by Crippen LogP contribution is -2.17. The van der Waals surface area contributed by atoms with E-state index in [1.807, 2.05) is 46.8 Å². The van der Waals surface area contributed by atoms with Crippen molar-refractivity contribution in [1.82, 2.24) is 0 Å². The molecule has 16 heavy (non-hydrogen) atoms. The topological polar surface area (TPSA) is 20.2 Å². The molecule has 0 radical (unpaired) electrons. The molecular formula is C15H24O. The zero-order valence-corrected chi connectivity index (χ0v) is 11.0. The molecule has 0 unspecified atom stereocenters. The van der Waals surface area contributed by atoms with E-state index in [1.165, 1.54) is 0 Å². The first-order chi connectivity index (χ1) is 8.15. The molecule has 90 valence electrons. The molecule has 0 spiro atoms. The zero-order chi connectivity index (χ0) is 14.1. The van der Waals surface area contributed by atoms with Crippen LogP contribution in [0, 0.1) is 6.92 Å². The van der Waals surface area contributed by atoms with Crippen LogP contribution < -0.4 is 0 Å². The van der Waals surface area contributed by atoms with Crippen LogP contribution in [-0.2, 0) is 10.8 Å². The van der Waals surface area contributed by atoms with Crippen molar-refractivity contribution in [2.45, 2.75) is 59.2 Å². The normalized spacial score (nSPS) is 14.6. The van der Waals surface area contributed by atoms with E-state index in [-0.39, 0.29) is 23.5 Å². The van der Waals surface area contributed by atoms with Crippen LogP contribution in [0.4, 0.5) is 0 Å². The molecule has 0 bridgehead atoms. The van der Waals surface area contributed by atoms with E-state index in [4.69, 9.17) is 2.74 Å². The highest BCUT2D eigenvalue weighted by molar-refractivity contribution is 5.47. The van der Waals surface area contributed by atoms with Gasteiger partial charge in [0.05, 0.1) is 0 Å². The van der Waals surface area contributed by atoms with E-state index >= 15 is 0 Å². The lowest BCUT2D eigenvalue weighted by atomic mass is 9.79. The number of phenols is 1. The standard InChI is InChI=1S/C15H24O/c1-10-8-11(14(2,3)4)9-12(13(10)16)15(5,6)7/h8-9,16H,1-7H3/i2D,5D. The Balaban J connectivity index is 3.46. The maximum absolute atomic E-state index is 10.2. The summed E-state index contributed by atoms with van der Waals surface area (Å²) in [6, 6.07) is 3.92. The Morgan fingerprint density at radius 1 is 1.06 bits per heavy atom. The molecule has 0 saturated carbocycles. The third-order valence-electron chi connectivity index (χ3n) is 2.81. The molecule has 0 atom stereocenters. The number of benzene rings is 1. The SMILES string of the molecule is [2H]CC(C)(C)c1cc(C)c(O)c(C(C)(C)C[2H])c1. The summed E-state index contributed by atoms with van der Waals surface area (Å²) in [4.78, 5) is 0. The average Bonchev–Trinajstić information content (AvgIpc) is 2.31. The van der Waals surface area contributed by atoms with Crippen molar-refractivity contribution in [1.29, 1.82) is 0 Å². The maximum atomic E-state index is 10.2. The van der Waals surface area contributed by atoms with Crippen molar-refractivity contribution in [3.63, 3.8) is 0 Å². The molecule has 1 N–H and O–H groups in total. The molecule has 0 aliphatic heterocycles. The molecule has 0 saturated heterocycles. The predicted molar refractivity (Wildman–Crippen MR) is 70.2 cm³/mol. The van der Waals surface area contributed by atoms with Crippen LogP contribution in [-0.4, -0.2) is 5.11 Å². The summed E-state index contributed by atoms with van der Waals surface area (Å²) in [6.45, 7) is 10.4. The van der Waals surface area contributed by atoms with Gasteiger partial charge < -0.3 is 5.11 Å². The van der Waals surface area contributed by atoms with Gasteiger partial charge in [0.15, 0.2) is 0 Å². The van der Waals surface area contributed by atoms with Gasteiger partial charge in [-0.15, -0.1) is 0 Å². The second kappa shape index (κ2) is 3.80. The van der Waals surface area contributed by atoms with Gasteiger partial charge in [0.25, 0.3) is 0 Å². The summed E-state index contributed by atoms with van der Waals surface area (Å²) >= 11 is 0. The molecule has 0 amide bonds. The Morgan fingerprint density at radius 3 is 2.12 bits per heavy atom. The molecular weight excluding hydrogens is 196 g/mol. The molecule has 1 nitrogen and oxygen atoms in total. The Bertz CT molecular complexity index is 436. The summed E-state index contributed by atoms with van der Waals surface area (Å²) in [7, 11) is 0. The minimum Gasteiger partial charge on any atom is -0.507 e. The summed E-state index contributed by atoms with van der Waals surface area (Å²) in [5.41, 5.74) is 2.10. The molecule has 0 heterocycles. The van der Waals surface area contributed by atoms with E-state index in [0.717, 1.165) is 16.7 Å². The number of rotatable bonds is 0. The van der Waals surface area contributed by atoms with E-state index in [9.17, 15) is 5.11 Å². The van der Waals surface area contributed by atoms with Crippen LogP contribution in [0.1, 0.15) is 60.9 Å². The molecule has 0 aliphatic rings. The van der Waals surface area contributed by atoms with Gasteiger partial charge in [-0.1, -0.05) is 53.6 Å². The van der Waals surface area contributed by atoms with Crippen LogP contribution in [0.5, 0.6) is 5.75 Å². The van der Waals surface area contributed by atoms with Crippen LogP contribution in [0.2, 0.25) is 0 Å². The van der Waals surface area contributed by atoms with Gasteiger partial charge >= 0.3 is 0 Å². The van der Waals surface area contributed by atoms with Crippen LogP contribution in [0.25, 0.3) is 0 Å². The fourth-order valence-corrected chi connectivity index (χ4v) is 1.69. The number of hydrogen-bond acceptors (Lipinski definition) is 1. The highest BCUT2D eigenvalue weighted by atomic mass is 16.3. The van der Waals surface area contributed by atoms with Crippen LogP contribution >= 0.6 is 0 Å². The first kappa shape index (κ1) is 10.2. The third kappa shape index (κ3) is 2.58. The van der Waals surface area contributed by atoms with Gasteiger partial charge in [-0.2, -0.15) is 0 Å². The van der Waals surface area contributed by atoms with Crippen molar-refractivity contribution in [2.24, 2.45) is 0 Å². The Kier molecular flexibility index (Phi) is 2.42. The highest BCUT2D eigenvalue weighted by Gasteiger charge is 2.23. The quantitative estimate of drug-likeness (QED) is 0.694. The second-order valence-corrected chi connectivity index (χ2v) is 5.96. The largest absolute Gasteiger partial charge is 0.507 e. The average molecular weight is 222 g/mol. The maximum Gasteiger partial charge on any atom is 0.122 e. The molecule has 1 aromatic rings. The Morgan fingerprint density at radius 2 is 1.62 bits per heavy atom. The molecule has 0 aromatic heterocycles. The molecule has 1 heteroatoms. The molecule has 1 aromatic carbocycles. The lowest BCUT2D eigenvalue weighted by molar-refractivity contribution is 0.440. The molecule has 0 aliphatic carbocycles. The summed E-state index contributed by atoms with van der Waals surface area (Å²) < 4.78 is 15.3. The summed E-state index contributed by atoms with van der Waals surface area (Å²) in [5, 5.41) is 10.2. The first-order valence-corrected chi connectivity index (χ1v) is 5.59. The van der Waals surface area contributed by atoms with Crippen molar-refractivity contribution < 1.29 is 7.85 Å². The minimum atomic E-state index is -0.372. The summed E-state index contributed by atoms with van der Waals surface area (Å²) in [6.07, 6.45) is 0. The fourth-order valence-electron chi connectivity index (χ4n) is 1.69. The van der Waals surface area contributed by atoms with Crippen molar-refractivity contribution in [3.8, 4) is 5.75 Å². The zero-order valence-electron chi connectivity index (χ0n) is 13.0. The van der Waals surface area contributed by atoms with Gasteiger partial charge in [0.1, 0.15) is 5.75 Å². The molecule has 1 rings (SSSR count).